The lowest BCUT2D eigenvalue weighted by atomic mass is 10.3. The van der Waals surface area contributed by atoms with Crippen molar-refractivity contribution in [2.24, 2.45) is 0 Å². The molecule has 1 aromatic carbocycles. The van der Waals surface area contributed by atoms with Gasteiger partial charge in [-0.1, -0.05) is 11.6 Å². The number of pyridine rings is 1. The predicted octanol–water partition coefficient (Wildman–Crippen LogP) is 4.65. The van der Waals surface area contributed by atoms with Gasteiger partial charge in [0, 0.05) is 15.1 Å². The molecule has 19 heavy (non-hydrogen) atoms. The van der Waals surface area contributed by atoms with E-state index in [4.69, 9.17) is 11.6 Å². The largest absolute Gasteiger partial charge is 0.318 e. The normalized spacial score (nSPS) is 10.3. The van der Waals surface area contributed by atoms with Crippen molar-refractivity contribution >= 4 is 55.1 Å². The zero-order valence-corrected chi connectivity index (χ0v) is 13.2. The van der Waals surface area contributed by atoms with Crippen LogP contribution >= 0.6 is 43.5 Å². The number of aromatic nitrogens is 1. The van der Waals surface area contributed by atoms with Gasteiger partial charge in [-0.15, -0.1) is 0 Å². The van der Waals surface area contributed by atoms with E-state index in [1.165, 1.54) is 12.3 Å². The van der Waals surface area contributed by atoms with Crippen LogP contribution in [0.1, 0.15) is 10.5 Å². The van der Waals surface area contributed by atoms with E-state index < -0.39 is 11.7 Å². The molecule has 2 aromatic rings. The molecular formula is C12H6Br2ClFN2O. The summed E-state index contributed by atoms with van der Waals surface area (Å²) in [5.41, 5.74) is 0.514. The van der Waals surface area contributed by atoms with Crippen LogP contribution in [-0.2, 0) is 0 Å². The van der Waals surface area contributed by atoms with Gasteiger partial charge in [-0.05, 0) is 56.1 Å². The van der Waals surface area contributed by atoms with Crippen LogP contribution in [0.5, 0.6) is 0 Å². The molecule has 0 spiro atoms. The van der Waals surface area contributed by atoms with Gasteiger partial charge in [0.15, 0.2) is 0 Å². The molecule has 0 aliphatic heterocycles. The van der Waals surface area contributed by atoms with Gasteiger partial charge in [0.2, 0.25) is 0 Å². The minimum absolute atomic E-state index is 0.104. The van der Waals surface area contributed by atoms with Crippen LogP contribution in [0.25, 0.3) is 0 Å². The molecule has 0 unspecified atom stereocenters. The highest BCUT2D eigenvalue weighted by Gasteiger charge is 2.15. The molecule has 0 saturated carbocycles. The fraction of sp³-hybridized carbons (Fsp3) is 0. The first kappa shape index (κ1) is 14.4. The number of nitrogens with one attached hydrogen (secondary N) is 1. The molecule has 1 N–H and O–H groups in total. The minimum Gasteiger partial charge on any atom is -0.318 e. The maximum Gasteiger partial charge on any atom is 0.275 e. The number of hydrogen-bond acceptors (Lipinski definition) is 2. The van der Waals surface area contributed by atoms with E-state index in [1.807, 2.05) is 0 Å². The monoisotopic (exact) mass is 406 g/mol. The minimum atomic E-state index is -0.492. The second kappa shape index (κ2) is 5.98. The van der Waals surface area contributed by atoms with Gasteiger partial charge in [-0.2, -0.15) is 0 Å². The molecule has 0 saturated heterocycles. The summed E-state index contributed by atoms with van der Waals surface area (Å²) in [5, 5.41) is 2.69. The van der Waals surface area contributed by atoms with Gasteiger partial charge in [0.1, 0.15) is 11.5 Å². The number of carbonyl (C=O) groups excluding carboxylic acids is 1. The molecule has 1 aromatic heterocycles. The number of nitrogens with zero attached hydrogens (tertiary/aromatic N) is 1. The molecule has 1 amide bonds. The number of halogens is 4. The van der Waals surface area contributed by atoms with Crippen LogP contribution in [-0.4, -0.2) is 10.9 Å². The molecular weight excluding hydrogens is 402 g/mol. The number of hydrogen-bond donors (Lipinski definition) is 1. The lowest BCUT2D eigenvalue weighted by Gasteiger charge is -2.10. The Labute approximate surface area is 130 Å². The zero-order valence-electron chi connectivity index (χ0n) is 9.25. The van der Waals surface area contributed by atoms with Gasteiger partial charge < -0.3 is 5.32 Å². The highest BCUT2D eigenvalue weighted by molar-refractivity contribution is 9.11. The molecule has 0 atom stereocenters. The summed E-state index contributed by atoms with van der Waals surface area (Å²) in [6, 6.07) is 5.73. The smallest absolute Gasteiger partial charge is 0.275 e. The van der Waals surface area contributed by atoms with Gasteiger partial charge >= 0.3 is 0 Å². The summed E-state index contributed by atoms with van der Waals surface area (Å²) in [6.07, 6.45) is 1.50. The van der Waals surface area contributed by atoms with E-state index in [-0.39, 0.29) is 10.7 Å². The second-order valence-electron chi connectivity index (χ2n) is 3.53. The summed E-state index contributed by atoms with van der Waals surface area (Å²) in [7, 11) is 0. The third-order valence-corrected chi connectivity index (χ3v) is 3.78. The van der Waals surface area contributed by atoms with Crippen LogP contribution in [0, 0.1) is 5.82 Å². The molecule has 0 aliphatic carbocycles. The van der Waals surface area contributed by atoms with Crippen LogP contribution in [0.15, 0.2) is 39.4 Å². The summed E-state index contributed by atoms with van der Waals surface area (Å²) in [4.78, 5) is 16.0. The summed E-state index contributed by atoms with van der Waals surface area (Å²) < 4.78 is 14.0. The fourth-order valence-electron chi connectivity index (χ4n) is 1.39. The van der Waals surface area contributed by atoms with Gasteiger partial charge in [-0.25, -0.2) is 9.37 Å². The van der Waals surface area contributed by atoms with Crippen molar-refractivity contribution in [1.82, 2.24) is 4.98 Å². The molecule has 1 heterocycles. The first-order valence-electron chi connectivity index (χ1n) is 5.05. The molecule has 0 radical (unpaired) electrons. The Balaban J connectivity index is 2.32. The average molecular weight is 408 g/mol. The second-order valence-corrected chi connectivity index (χ2v) is 5.65. The van der Waals surface area contributed by atoms with E-state index in [0.717, 1.165) is 6.07 Å². The SMILES string of the molecule is O=C(Nc1c(Cl)cc(F)cc1Br)c1ncccc1Br. The van der Waals surface area contributed by atoms with Crippen LogP contribution in [0.4, 0.5) is 10.1 Å². The van der Waals surface area contributed by atoms with E-state index in [1.54, 1.807) is 12.1 Å². The Hall–Kier alpha value is -0.980. The van der Waals surface area contributed by atoms with Crippen molar-refractivity contribution in [3.63, 3.8) is 0 Å². The van der Waals surface area contributed by atoms with Crippen molar-refractivity contribution < 1.29 is 9.18 Å². The molecule has 7 heteroatoms. The Morgan fingerprint density at radius 1 is 1.32 bits per heavy atom. The Morgan fingerprint density at radius 2 is 2.05 bits per heavy atom. The lowest BCUT2D eigenvalue weighted by molar-refractivity contribution is 0.102. The van der Waals surface area contributed by atoms with E-state index in [9.17, 15) is 9.18 Å². The predicted molar refractivity (Wildman–Crippen MR) is 79.0 cm³/mol. The summed E-state index contributed by atoms with van der Waals surface area (Å²) in [6.45, 7) is 0. The highest BCUT2D eigenvalue weighted by Crippen LogP contribution is 2.32. The van der Waals surface area contributed by atoms with Crippen molar-refractivity contribution in [2.45, 2.75) is 0 Å². The first-order chi connectivity index (χ1) is 8.99. The topological polar surface area (TPSA) is 42.0 Å². The number of benzene rings is 1. The maximum atomic E-state index is 13.1. The Kier molecular flexibility index (Phi) is 4.54. The van der Waals surface area contributed by atoms with Crippen LogP contribution in [0.2, 0.25) is 5.02 Å². The quantitative estimate of drug-likeness (QED) is 0.786. The molecule has 0 aliphatic rings. The van der Waals surface area contributed by atoms with E-state index >= 15 is 0 Å². The summed E-state index contributed by atoms with van der Waals surface area (Å²) >= 11 is 12.3. The van der Waals surface area contributed by atoms with Crippen molar-refractivity contribution in [1.29, 1.82) is 0 Å². The van der Waals surface area contributed by atoms with Crippen molar-refractivity contribution in [2.75, 3.05) is 5.32 Å². The Bertz CT molecular complexity index is 628. The molecule has 98 valence electrons. The van der Waals surface area contributed by atoms with Crippen LogP contribution < -0.4 is 5.32 Å². The van der Waals surface area contributed by atoms with Gasteiger partial charge in [-0.3, -0.25) is 4.79 Å². The van der Waals surface area contributed by atoms with Gasteiger partial charge in [0.05, 0.1) is 10.7 Å². The van der Waals surface area contributed by atoms with E-state index in [2.05, 4.69) is 42.2 Å². The molecule has 2 rings (SSSR count). The maximum absolute atomic E-state index is 13.1. The third-order valence-electron chi connectivity index (χ3n) is 2.22. The summed E-state index contributed by atoms with van der Waals surface area (Å²) in [5.74, 6) is -0.935. The molecule has 0 bridgehead atoms. The third kappa shape index (κ3) is 3.32. The average Bonchev–Trinajstić information content (AvgIpc) is 2.34. The van der Waals surface area contributed by atoms with Crippen LogP contribution in [0.3, 0.4) is 0 Å². The first-order valence-corrected chi connectivity index (χ1v) is 7.02. The molecule has 0 fully saturated rings. The van der Waals surface area contributed by atoms with E-state index in [0.29, 0.717) is 14.6 Å². The lowest BCUT2D eigenvalue weighted by Crippen LogP contribution is -2.15. The van der Waals surface area contributed by atoms with Crippen molar-refractivity contribution in [3.05, 3.63) is 55.9 Å². The fourth-order valence-corrected chi connectivity index (χ4v) is 2.72. The number of carbonyl (C=O) groups is 1. The molecule has 3 nitrogen and oxygen atoms in total. The number of anilines is 1. The van der Waals surface area contributed by atoms with Gasteiger partial charge in [0.25, 0.3) is 5.91 Å². The number of amides is 1. The highest BCUT2D eigenvalue weighted by atomic mass is 79.9. The standard InChI is InChI=1S/C12H6Br2ClFN2O/c13-7-2-1-3-17-11(7)12(19)18-10-8(14)4-6(16)5-9(10)15/h1-5H,(H,18,19). The van der Waals surface area contributed by atoms with Crippen molar-refractivity contribution in [3.8, 4) is 0 Å². The Morgan fingerprint density at radius 3 is 2.68 bits per heavy atom. The number of rotatable bonds is 2. The zero-order chi connectivity index (χ0) is 14.0.